The highest BCUT2D eigenvalue weighted by atomic mass is 16.5. The first-order valence-corrected chi connectivity index (χ1v) is 8.47. The van der Waals surface area contributed by atoms with Gasteiger partial charge in [0.1, 0.15) is 0 Å². The Kier molecular flexibility index (Phi) is 4.45. The Morgan fingerprint density at radius 3 is 2.38 bits per heavy atom. The summed E-state index contributed by atoms with van der Waals surface area (Å²) in [6.07, 6.45) is 4.35. The van der Waals surface area contributed by atoms with Gasteiger partial charge in [-0.2, -0.15) is 0 Å². The van der Waals surface area contributed by atoms with Gasteiger partial charge in [0.25, 0.3) is 0 Å². The molecule has 0 heterocycles. The SMILES string of the molecule is COC(=O)C(C)C1C(C)(C)CCC2C(C)(C(=O)O)C=CC(=O)C12C. The van der Waals surface area contributed by atoms with E-state index in [2.05, 4.69) is 13.8 Å². The maximum absolute atomic E-state index is 12.9. The molecule has 5 atom stereocenters. The predicted octanol–water partition coefficient (Wildman–Crippen LogP) is 3.08. The van der Waals surface area contributed by atoms with E-state index in [0.717, 1.165) is 6.42 Å². The smallest absolute Gasteiger partial charge is 0.313 e. The van der Waals surface area contributed by atoms with Crippen molar-refractivity contribution >= 4 is 17.7 Å². The van der Waals surface area contributed by atoms with E-state index in [9.17, 15) is 19.5 Å². The average molecular weight is 336 g/mol. The van der Waals surface area contributed by atoms with Crippen molar-refractivity contribution in [3.8, 4) is 0 Å². The highest BCUT2D eigenvalue weighted by Crippen LogP contribution is 2.63. The standard InChI is InChI=1S/C19H28O5/c1-11(15(21)24-6)14-17(2,3)9-7-12-18(4,16(22)23)10-8-13(20)19(12,14)5/h8,10-12,14H,7,9H2,1-6H3,(H,22,23). The quantitative estimate of drug-likeness (QED) is 0.801. The second kappa shape index (κ2) is 5.71. The highest BCUT2D eigenvalue weighted by Gasteiger charge is 2.64. The molecule has 2 rings (SSSR count). The molecule has 0 radical (unpaired) electrons. The Morgan fingerprint density at radius 2 is 1.88 bits per heavy atom. The van der Waals surface area contributed by atoms with Crippen LogP contribution in [0.5, 0.6) is 0 Å². The molecular formula is C19H28O5. The zero-order chi connectivity index (χ0) is 18.5. The van der Waals surface area contributed by atoms with E-state index < -0.39 is 22.7 Å². The number of carboxylic acids is 1. The van der Waals surface area contributed by atoms with Gasteiger partial charge in [-0.1, -0.05) is 33.8 Å². The van der Waals surface area contributed by atoms with Gasteiger partial charge < -0.3 is 9.84 Å². The second-order valence-corrected chi connectivity index (χ2v) is 8.44. The van der Waals surface area contributed by atoms with Crippen LogP contribution in [0.1, 0.15) is 47.5 Å². The Hall–Kier alpha value is -1.65. The van der Waals surface area contributed by atoms with Crippen LogP contribution in [0, 0.1) is 34.0 Å². The Morgan fingerprint density at radius 1 is 1.29 bits per heavy atom. The number of carboxylic acid groups (broad SMARTS) is 1. The minimum absolute atomic E-state index is 0.0836. The Balaban J connectivity index is 2.65. The fraction of sp³-hybridized carbons (Fsp3) is 0.737. The molecule has 0 aromatic heterocycles. The van der Waals surface area contributed by atoms with Gasteiger partial charge in [-0.15, -0.1) is 0 Å². The van der Waals surface area contributed by atoms with Crippen LogP contribution in [0.4, 0.5) is 0 Å². The van der Waals surface area contributed by atoms with Gasteiger partial charge in [0, 0.05) is 5.41 Å². The molecule has 1 fully saturated rings. The number of hydrogen-bond acceptors (Lipinski definition) is 4. The van der Waals surface area contributed by atoms with Crippen molar-refractivity contribution in [2.45, 2.75) is 47.5 Å². The minimum Gasteiger partial charge on any atom is -0.481 e. The first kappa shape index (κ1) is 18.7. The lowest BCUT2D eigenvalue weighted by Gasteiger charge is -2.59. The number of ketones is 1. The predicted molar refractivity (Wildman–Crippen MR) is 89.2 cm³/mol. The normalized spacial score (nSPS) is 39.0. The van der Waals surface area contributed by atoms with E-state index in [0.29, 0.717) is 6.42 Å². The van der Waals surface area contributed by atoms with Crippen molar-refractivity contribution in [2.24, 2.45) is 34.0 Å². The van der Waals surface area contributed by atoms with Gasteiger partial charge in [0.2, 0.25) is 0 Å². The van der Waals surface area contributed by atoms with Crippen LogP contribution >= 0.6 is 0 Å². The molecule has 24 heavy (non-hydrogen) atoms. The number of esters is 1. The molecule has 2 aliphatic carbocycles. The number of hydrogen-bond donors (Lipinski definition) is 1. The molecule has 5 heteroatoms. The number of carbonyl (C=O) groups excluding carboxylic acids is 2. The van der Waals surface area contributed by atoms with Gasteiger partial charge in [-0.05, 0) is 43.1 Å². The molecule has 0 amide bonds. The van der Waals surface area contributed by atoms with Crippen LogP contribution in [0.3, 0.4) is 0 Å². The first-order chi connectivity index (χ1) is 10.9. The molecule has 0 aromatic carbocycles. The molecule has 0 aliphatic heterocycles. The third-order valence-corrected chi connectivity index (χ3v) is 6.66. The number of rotatable bonds is 3. The van der Waals surface area contributed by atoms with Gasteiger partial charge in [-0.3, -0.25) is 14.4 Å². The molecule has 1 saturated carbocycles. The van der Waals surface area contributed by atoms with Crippen molar-refractivity contribution in [1.82, 2.24) is 0 Å². The topological polar surface area (TPSA) is 80.7 Å². The van der Waals surface area contributed by atoms with E-state index in [1.54, 1.807) is 13.8 Å². The molecule has 2 aliphatic rings. The largest absolute Gasteiger partial charge is 0.481 e. The highest BCUT2D eigenvalue weighted by molar-refractivity contribution is 5.99. The summed E-state index contributed by atoms with van der Waals surface area (Å²) in [4.78, 5) is 37.1. The zero-order valence-corrected chi connectivity index (χ0v) is 15.4. The van der Waals surface area contributed by atoms with Gasteiger partial charge in [0.05, 0.1) is 18.4 Å². The maximum Gasteiger partial charge on any atom is 0.313 e. The molecular weight excluding hydrogens is 308 g/mol. The number of carbonyl (C=O) groups is 3. The van der Waals surface area contributed by atoms with Crippen molar-refractivity contribution < 1.29 is 24.2 Å². The fourth-order valence-corrected chi connectivity index (χ4v) is 5.53. The molecule has 0 bridgehead atoms. The first-order valence-electron chi connectivity index (χ1n) is 8.47. The van der Waals surface area contributed by atoms with Crippen LogP contribution in [0.2, 0.25) is 0 Å². The van der Waals surface area contributed by atoms with Crippen LogP contribution in [-0.2, 0) is 19.1 Å². The van der Waals surface area contributed by atoms with E-state index >= 15 is 0 Å². The molecule has 134 valence electrons. The molecule has 0 saturated heterocycles. The van der Waals surface area contributed by atoms with Crippen molar-refractivity contribution in [2.75, 3.05) is 7.11 Å². The Bertz CT molecular complexity index is 605. The summed E-state index contributed by atoms with van der Waals surface area (Å²) in [5, 5.41) is 9.79. The van der Waals surface area contributed by atoms with E-state index in [4.69, 9.17) is 4.74 Å². The summed E-state index contributed by atoms with van der Waals surface area (Å²) in [6, 6.07) is 0. The van der Waals surface area contributed by atoms with Crippen LogP contribution in [0.25, 0.3) is 0 Å². The number of aliphatic carboxylic acids is 1. The van der Waals surface area contributed by atoms with Gasteiger partial charge in [0.15, 0.2) is 5.78 Å². The van der Waals surface area contributed by atoms with Crippen molar-refractivity contribution in [1.29, 1.82) is 0 Å². The lowest BCUT2D eigenvalue weighted by atomic mass is 9.42. The fourth-order valence-electron chi connectivity index (χ4n) is 5.53. The summed E-state index contributed by atoms with van der Waals surface area (Å²) in [6.45, 7) is 9.43. The lowest BCUT2D eigenvalue weighted by molar-refractivity contribution is -0.175. The summed E-state index contributed by atoms with van der Waals surface area (Å²) in [5.41, 5.74) is -2.27. The summed E-state index contributed by atoms with van der Waals surface area (Å²) < 4.78 is 4.93. The van der Waals surface area contributed by atoms with Crippen molar-refractivity contribution in [3.63, 3.8) is 0 Å². The third kappa shape index (κ3) is 2.40. The maximum atomic E-state index is 12.9. The second-order valence-electron chi connectivity index (χ2n) is 8.44. The number of methoxy groups -OCH3 is 1. The van der Waals surface area contributed by atoms with E-state index in [1.807, 2.05) is 6.92 Å². The van der Waals surface area contributed by atoms with Gasteiger partial charge in [-0.25, -0.2) is 0 Å². The molecule has 0 spiro atoms. The molecule has 0 aromatic rings. The molecule has 5 unspecified atom stereocenters. The van der Waals surface area contributed by atoms with E-state index in [-0.39, 0.29) is 29.0 Å². The minimum atomic E-state index is -1.10. The summed E-state index contributed by atoms with van der Waals surface area (Å²) >= 11 is 0. The third-order valence-electron chi connectivity index (χ3n) is 6.66. The van der Waals surface area contributed by atoms with Gasteiger partial charge >= 0.3 is 11.9 Å². The molecule has 1 N–H and O–H groups in total. The average Bonchev–Trinajstić information content (AvgIpc) is 2.49. The van der Waals surface area contributed by atoms with Crippen LogP contribution < -0.4 is 0 Å². The van der Waals surface area contributed by atoms with Crippen LogP contribution in [0.15, 0.2) is 12.2 Å². The summed E-state index contributed by atoms with van der Waals surface area (Å²) in [5.74, 6) is -2.47. The van der Waals surface area contributed by atoms with E-state index in [1.165, 1.54) is 19.3 Å². The van der Waals surface area contributed by atoms with Crippen LogP contribution in [-0.4, -0.2) is 29.9 Å². The number of fused-ring (bicyclic) bond motifs is 1. The monoisotopic (exact) mass is 336 g/mol. The Labute approximate surface area is 143 Å². The lowest BCUT2D eigenvalue weighted by Crippen LogP contribution is -2.61. The van der Waals surface area contributed by atoms with Crippen molar-refractivity contribution in [3.05, 3.63) is 12.2 Å². The number of allylic oxidation sites excluding steroid dienone is 1. The summed E-state index contributed by atoms with van der Waals surface area (Å²) in [7, 11) is 1.35. The molecule has 5 nitrogen and oxygen atoms in total. The zero-order valence-electron chi connectivity index (χ0n) is 15.4. The number of ether oxygens (including phenoxy) is 1.